The third-order valence-corrected chi connectivity index (χ3v) is 3.15. The zero-order valence-electron chi connectivity index (χ0n) is 9.27. The summed E-state index contributed by atoms with van der Waals surface area (Å²) in [6, 6.07) is 2.61. The van der Waals surface area contributed by atoms with Crippen LogP contribution in [0.1, 0.15) is 21.1 Å². The van der Waals surface area contributed by atoms with Crippen LogP contribution in [0.15, 0.2) is 16.9 Å². The van der Waals surface area contributed by atoms with Crippen LogP contribution in [-0.4, -0.2) is 21.1 Å². The van der Waals surface area contributed by atoms with Crippen molar-refractivity contribution in [2.45, 2.75) is 13.8 Å². The molecule has 0 aliphatic rings. The highest BCUT2D eigenvalue weighted by molar-refractivity contribution is 7.15. The minimum absolute atomic E-state index is 0.148. The SMILES string of the molecule is Cc1nc(NC(=O)c2ccc(=O)[nH]n2)sc1C. The normalized spacial score (nSPS) is 10.2. The Morgan fingerprint density at radius 2 is 2.18 bits per heavy atom. The third kappa shape index (κ3) is 2.56. The fraction of sp³-hybridized carbons (Fsp3) is 0.200. The van der Waals surface area contributed by atoms with Crippen LogP contribution in [0, 0.1) is 13.8 Å². The first kappa shape index (κ1) is 11.5. The molecule has 0 saturated heterocycles. The van der Waals surface area contributed by atoms with Crippen molar-refractivity contribution in [1.29, 1.82) is 0 Å². The van der Waals surface area contributed by atoms with Gasteiger partial charge in [-0.2, -0.15) is 5.10 Å². The molecule has 2 aromatic heterocycles. The number of hydrogen-bond donors (Lipinski definition) is 2. The maximum absolute atomic E-state index is 11.7. The van der Waals surface area contributed by atoms with Crippen LogP contribution in [0.4, 0.5) is 5.13 Å². The van der Waals surface area contributed by atoms with E-state index in [1.54, 1.807) is 0 Å². The molecule has 0 bridgehead atoms. The van der Waals surface area contributed by atoms with Crippen molar-refractivity contribution in [2.75, 3.05) is 5.32 Å². The van der Waals surface area contributed by atoms with Gasteiger partial charge in [-0.3, -0.25) is 14.9 Å². The fourth-order valence-corrected chi connectivity index (χ4v) is 1.97. The summed E-state index contributed by atoms with van der Waals surface area (Å²) in [4.78, 5) is 27.7. The molecule has 0 atom stereocenters. The van der Waals surface area contributed by atoms with Gasteiger partial charge in [0, 0.05) is 10.9 Å². The molecule has 0 saturated carbocycles. The number of carbonyl (C=O) groups is 1. The van der Waals surface area contributed by atoms with Crippen molar-refractivity contribution in [3.8, 4) is 0 Å². The Balaban J connectivity index is 2.16. The summed E-state index contributed by atoms with van der Waals surface area (Å²) < 4.78 is 0. The van der Waals surface area contributed by atoms with E-state index in [0.717, 1.165) is 10.6 Å². The number of aryl methyl sites for hydroxylation is 2. The Morgan fingerprint density at radius 3 is 2.71 bits per heavy atom. The first-order chi connectivity index (χ1) is 8.06. The highest BCUT2D eigenvalue weighted by atomic mass is 32.1. The lowest BCUT2D eigenvalue weighted by molar-refractivity contribution is 0.102. The van der Waals surface area contributed by atoms with Crippen molar-refractivity contribution >= 4 is 22.4 Å². The van der Waals surface area contributed by atoms with E-state index >= 15 is 0 Å². The molecular weight excluding hydrogens is 240 g/mol. The van der Waals surface area contributed by atoms with Crippen molar-refractivity contribution in [1.82, 2.24) is 15.2 Å². The molecule has 1 amide bonds. The van der Waals surface area contributed by atoms with Gasteiger partial charge in [-0.1, -0.05) is 0 Å². The summed E-state index contributed by atoms with van der Waals surface area (Å²) >= 11 is 1.40. The molecule has 2 heterocycles. The summed E-state index contributed by atoms with van der Waals surface area (Å²) in [6.45, 7) is 3.81. The summed E-state index contributed by atoms with van der Waals surface area (Å²) in [5.41, 5.74) is 0.692. The zero-order chi connectivity index (χ0) is 12.4. The van der Waals surface area contributed by atoms with E-state index in [1.807, 2.05) is 13.8 Å². The van der Waals surface area contributed by atoms with Gasteiger partial charge in [0.25, 0.3) is 11.5 Å². The van der Waals surface area contributed by atoms with Crippen LogP contribution in [0.25, 0.3) is 0 Å². The van der Waals surface area contributed by atoms with Gasteiger partial charge in [-0.15, -0.1) is 11.3 Å². The summed E-state index contributed by atoms with van der Waals surface area (Å²) in [5.74, 6) is -0.394. The van der Waals surface area contributed by atoms with Crippen molar-refractivity contribution < 1.29 is 4.79 Å². The maximum Gasteiger partial charge on any atom is 0.277 e. The summed E-state index contributed by atoms with van der Waals surface area (Å²) in [5, 5.41) is 8.98. The number of nitrogens with zero attached hydrogens (tertiary/aromatic N) is 2. The number of H-pyrrole nitrogens is 1. The Morgan fingerprint density at radius 1 is 1.41 bits per heavy atom. The van der Waals surface area contributed by atoms with Crippen LogP contribution >= 0.6 is 11.3 Å². The number of aromatic amines is 1. The number of nitrogens with one attached hydrogen (secondary N) is 2. The second-order valence-electron chi connectivity index (χ2n) is 3.42. The molecule has 0 spiro atoms. The summed E-state index contributed by atoms with van der Waals surface area (Å²) in [6.07, 6.45) is 0. The van der Waals surface area contributed by atoms with Crippen LogP contribution in [-0.2, 0) is 0 Å². The van der Waals surface area contributed by atoms with Crippen molar-refractivity contribution in [2.24, 2.45) is 0 Å². The van der Waals surface area contributed by atoms with Gasteiger partial charge < -0.3 is 0 Å². The highest BCUT2D eigenvalue weighted by Crippen LogP contribution is 2.21. The lowest BCUT2D eigenvalue weighted by Gasteiger charge is -1.98. The maximum atomic E-state index is 11.7. The standard InChI is InChI=1S/C10H10N4O2S/c1-5-6(2)17-10(11-5)12-9(16)7-3-4-8(15)14-13-7/h3-4H,1-2H3,(H,14,15)(H,11,12,16). The zero-order valence-corrected chi connectivity index (χ0v) is 10.1. The number of carbonyl (C=O) groups excluding carboxylic acids is 1. The van der Waals surface area contributed by atoms with Gasteiger partial charge >= 0.3 is 0 Å². The first-order valence-corrected chi connectivity index (χ1v) is 5.69. The van der Waals surface area contributed by atoms with E-state index in [0.29, 0.717) is 5.13 Å². The predicted molar refractivity (Wildman–Crippen MR) is 64.4 cm³/mol. The molecular formula is C10H10N4O2S. The molecule has 0 aliphatic heterocycles. The van der Waals surface area contributed by atoms with E-state index in [-0.39, 0.29) is 11.3 Å². The number of thiazole rings is 1. The van der Waals surface area contributed by atoms with E-state index < -0.39 is 5.91 Å². The lowest BCUT2D eigenvalue weighted by Crippen LogP contribution is -2.17. The molecule has 6 nitrogen and oxygen atoms in total. The number of anilines is 1. The first-order valence-electron chi connectivity index (χ1n) is 4.87. The van der Waals surface area contributed by atoms with Gasteiger partial charge in [0.05, 0.1) is 5.69 Å². The Bertz CT molecular complexity index is 577. The number of hydrogen-bond acceptors (Lipinski definition) is 5. The molecule has 0 aliphatic carbocycles. The minimum atomic E-state index is -0.394. The smallest absolute Gasteiger partial charge is 0.277 e. The number of amides is 1. The van der Waals surface area contributed by atoms with Gasteiger partial charge in [-0.05, 0) is 19.9 Å². The second kappa shape index (κ2) is 4.46. The van der Waals surface area contributed by atoms with Gasteiger partial charge in [0.15, 0.2) is 5.13 Å². The largest absolute Gasteiger partial charge is 0.296 e. The molecule has 2 aromatic rings. The molecule has 0 unspecified atom stereocenters. The van der Waals surface area contributed by atoms with Crippen LogP contribution < -0.4 is 10.9 Å². The van der Waals surface area contributed by atoms with Gasteiger partial charge in [0.2, 0.25) is 0 Å². The quantitative estimate of drug-likeness (QED) is 0.835. The molecule has 2 rings (SSSR count). The Labute approximate surface area is 101 Å². The third-order valence-electron chi connectivity index (χ3n) is 2.16. The molecule has 88 valence electrons. The van der Waals surface area contributed by atoms with E-state index in [1.165, 1.54) is 23.5 Å². The lowest BCUT2D eigenvalue weighted by atomic mass is 10.4. The number of rotatable bonds is 2. The van der Waals surface area contributed by atoms with Crippen molar-refractivity contribution in [3.63, 3.8) is 0 Å². The van der Waals surface area contributed by atoms with Crippen molar-refractivity contribution in [3.05, 3.63) is 38.8 Å². The van der Waals surface area contributed by atoms with Crippen LogP contribution in [0.2, 0.25) is 0 Å². The molecule has 7 heteroatoms. The average Bonchev–Trinajstić information content (AvgIpc) is 2.58. The molecule has 0 radical (unpaired) electrons. The van der Waals surface area contributed by atoms with Gasteiger partial charge in [0.1, 0.15) is 5.69 Å². The molecule has 17 heavy (non-hydrogen) atoms. The number of aromatic nitrogens is 3. The Kier molecular flexibility index (Phi) is 3.01. The van der Waals surface area contributed by atoms with Crippen LogP contribution in [0.3, 0.4) is 0 Å². The van der Waals surface area contributed by atoms with Crippen LogP contribution in [0.5, 0.6) is 0 Å². The fourth-order valence-electron chi connectivity index (χ4n) is 1.16. The minimum Gasteiger partial charge on any atom is -0.296 e. The summed E-state index contributed by atoms with van der Waals surface area (Å²) in [7, 11) is 0. The predicted octanol–water partition coefficient (Wildman–Crippen LogP) is 1.10. The molecule has 0 aromatic carbocycles. The Hall–Kier alpha value is -2.02. The van der Waals surface area contributed by atoms with E-state index in [9.17, 15) is 9.59 Å². The molecule has 0 fully saturated rings. The monoisotopic (exact) mass is 250 g/mol. The highest BCUT2D eigenvalue weighted by Gasteiger charge is 2.11. The average molecular weight is 250 g/mol. The van der Waals surface area contributed by atoms with E-state index in [2.05, 4.69) is 20.5 Å². The van der Waals surface area contributed by atoms with Gasteiger partial charge in [-0.25, -0.2) is 10.1 Å². The second-order valence-corrected chi connectivity index (χ2v) is 4.62. The van der Waals surface area contributed by atoms with E-state index in [4.69, 9.17) is 0 Å². The topological polar surface area (TPSA) is 87.7 Å². The molecule has 2 N–H and O–H groups in total.